The molecule has 3 rings (SSSR count). The monoisotopic (exact) mass is 472 g/mol. The maximum absolute atomic E-state index is 12.6. The van der Waals surface area contributed by atoms with Gasteiger partial charge in [-0.3, -0.25) is 14.9 Å². The minimum absolute atomic E-state index is 0.201. The number of piperazine rings is 1. The lowest BCUT2D eigenvalue weighted by atomic mass is 10.1. The molecule has 0 saturated carbocycles. The van der Waals surface area contributed by atoms with Crippen LogP contribution >= 0.6 is 23.8 Å². The van der Waals surface area contributed by atoms with E-state index in [1.165, 1.54) is 0 Å². The van der Waals surface area contributed by atoms with Gasteiger partial charge in [0.15, 0.2) is 5.11 Å². The molecular formula is C24H29ClN4O2S. The van der Waals surface area contributed by atoms with Crippen molar-refractivity contribution in [1.82, 2.24) is 10.2 Å². The van der Waals surface area contributed by atoms with Crippen molar-refractivity contribution in [2.24, 2.45) is 5.92 Å². The highest BCUT2D eigenvalue weighted by Crippen LogP contribution is 2.30. The molecule has 1 fully saturated rings. The van der Waals surface area contributed by atoms with Gasteiger partial charge in [-0.05, 0) is 54.9 Å². The quantitative estimate of drug-likeness (QED) is 0.628. The average molecular weight is 473 g/mol. The van der Waals surface area contributed by atoms with Crippen LogP contribution in [0.1, 0.15) is 36.2 Å². The van der Waals surface area contributed by atoms with Gasteiger partial charge in [-0.15, -0.1) is 0 Å². The maximum atomic E-state index is 12.6. The molecule has 0 atom stereocenters. The summed E-state index contributed by atoms with van der Waals surface area (Å²) in [5, 5.41) is 6.63. The summed E-state index contributed by atoms with van der Waals surface area (Å²) in [7, 11) is 0. The number of nitrogens with one attached hydrogen (secondary N) is 2. The van der Waals surface area contributed by atoms with Crippen LogP contribution in [0.2, 0.25) is 5.02 Å². The van der Waals surface area contributed by atoms with Gasteiger partial charge >= 0.3 is 0 Å². The summed E-state index contributed by atoms with van der Waals surface area (Å²) in [6, 6.07) is 12.9. The van der Waals surface area contributed by atoms with E-state index >= 15 is 0 Å². The first-order valence-electron chi connectivity index (χ1n) is 10.7. The third kappa shape index (κ3) is 6.20. The molecule has 8 heteroatoms. The zero-order valence-electron chi connectivity index (χ0n) is 18.7. The van der Waals surface area contributed by atoms with Gasteiger partial charge in [0.25, 0.3) is 5.91 Å². The number of thiocarbonyl (C=S) groups is 1. The van der Waals surface area contributed by atoms with E-state index < -0.39 is 0 Å². The topological polar surface area (TPSA) is 64.7 Å². The molecule has 2 aromatic rings. The zero-order valence-corrected chi connectivity index (χ0v) is 20.2. The average Bonchev–Trinajstić information content (AvgIpc) is 2.73. The molecule has 170 valence electrons. The van der Waals surface area contributed by atoms with Crippen molar-refractivity contribution in [2.75, 3.05) is 36.4 Å². The van der Waals surface area contributed by atoms with Gasteiger partial charge in [-0.2, -0.15) is 0 Å². The highest BCUT2D eigenvalue weighted by atomic mass is 35.5. The Morgan fingerprint density at radius 2 is 1.78 bits per heavy atom. The maximum Gasteiger partial charge on any atom is 0.257 e. The summed E-state index contributed by atoms with van der Waals surface area (Å²) in [4.78, 5) is 29.1. The summed E-state index contributed by atoms with van der Waals surface area (Å²) in [5.74, 6) is 0.291. The van der Waals surface area contributed by atoms with Gasteiger partial charge < -0.3 is 15.1 Å². The summed E-state index contributed by atoms with van der Waals surface area (Å²) in [6.07, 6.45) is 0.572. The van der Waals surface area contributed by atoms with Crippen LogP contribution in [0.25, 0.3) is 0 Å². The fourth-order valence-electron chi connectivity index (χ4n) is 3.71. The van der Waals surface area contributed by atoms with E-state index in [1.54, 1.807) is 12.1 Å². The number of carbonyl (C=O) groups excluding carboxylic acids is 2. The number of benzene rings is 2. The predicted octanol–water partition coefficient (Wildman–Crippen LogP) is 4.47. The fraction of sp³-hybridized carbons (Fsp3) is 0.375. The Kier molecular flexibility index (Phi) is 8.10. The van der Waals surface area contributed by atoms with Gasteiger partial charge in [0.1, 0.15) is 0 Å². The lowest BCUT2D eigenvalue weighted by Crippen LogP contribution is -2.49. The third-order valence-corrected chi connectivity index (χ3v) is 5.82. The van der Waals surface area contributed by atoms with E-state index in [9.17, 15) is 9.59 Å². The first kappa shape index (κ1) is 24.0. The Morgan fingerprint density at radius 3 is 2.44 bits per heavy atom. The first-order valence-corrected chi connectivity index (χ1v) is 11.5. The molecule has 0 aliphatic carbocycles. The number of hydrogen-bond acceptors (Lipinski definition) is 4. The van der Waals surface area contributed by atoms with Gasteiger partial charge in [0.05, 0.1) is 11.4 Å². The third-order valence-electron chi connectivity index (χ3n) is 5.38. The van der Waals surface area contributed by atoms with Gasteiger partial charge in [0, 0.05) is 43.2 Å². The largest absolute Gasteiger partial charge is 0.366 e. The Hall–Kier alpha value is -2.64. The fourth-order valence-corrected chi connectivity index (χ4v) is 4.09. The van der Waals surface area contributed by atoms with Crippen LogP contribution in [0.3, 0.4) is 0 Å². The van der Waals surface area contributed by atoms with Crippen LogP contribution in [0, 0.1) is 12.8 Å². The van der Waals surface area contributed by atoms with Crippen LogP contribution in [-0.2, 0) is 4.79 Å². The van der Waals surface area contributed by atoms with Crippen LogP contribution in [0.5, 0.6) is 0 Å². The molecule has 2 aromatic carbocycles. The Balaban J connectivity index is 1.67. The lowest BCUT2D eigenvalue weighted by molar-refractivity contribution is -0.132. The molecule has 1 aliphatic rings. The van der Waals surface area contributed by atoms with Gasteiger partial charge in [-0.1, -0.05) is 43.6 Å². The van der Waals surface area contributed by atoms with Crippen molar-refractivity contribution < 1.29 is 9.59 Å². The molecule has 1 saturated heterocycles. The minimum atomic E-state index is -0.263. The minimum Gasteiger partial charge on any atom is -0.366 e. The Bertz CT molecular complexity index is 1000. The molecule has 6 nitrogen and oxygen atoms in total. The smallest absolute Gasteiger partial charge is 0.257 e. The van der Waals surface area contributed by atoms with Crippen molar-refractivity contribution in [3.05, 3.63) is 58.6 Å². The standard InChI is InChI=1S/C24H29ClN4O2S/c1-16(2)14-22(30)29-12-10-28(11-13-29)21-9-8-18(25)15-20(21)26-24(32)27-23(31)19-7-5-4-6-17(19)3/h4-9,15-16H,10-14H2,1-3H3,(H2,26,27,31,32). The molecule has 0 spiro atoms. The summed E-state index contributed by atoms with van der Waals surface area (Å²) < 4.78 is 0. The Labute approximate surface area is 199 Å². The number of carbonyl (C=O) groups is 2. The second kappa shape index (κ2) is 10.8. The second-order valence-electron chi connectivity index (χ2n) is 8.35. The van der Waals surface area contributed by atoms with Crippen molar-refractivity contribution in [3.8, 4) is 0 Å². The molecule has 2 N–H and O–H groups in total. The number of nitrogens with zero attached hydrogens (tertiary/aromatic N) is 2. The van der Waals surface area contributed by atoms with Crippen LogP contribution in [0.15, 0.2) is 42.5 Å². The summed E-state index contributed by atoms with van der Waals surface area (Å²) in [6.45, 7) is 8.75. The molecule has 0 radical (unpaired) electrons. The highest BCUT2D eigenvalue weighted by Gasteiger charge is 2.23. The van der Waals surface area contributed by atoms with E-state index in [0.717, 1.165) is 16.9 Å². The highest BCUT2D eigenvalue weighted by molar-refractivity contribution is 7.80. The molecule has 1 aliphatic heterocycles. The van der Waals surface area contributed by atoms with Crippen molar-refractivity contribution >= 4 is 52.1 Å². The van der Waals surface area contributed by atoms with E-state index in [1.807, 2.05) is 42.2 Å². The molecule has 0 unspecified atom stereocenters. The number of anilines is 2. The van der Waals surface area contributed by atoms with Crippen LogP contribution in [0.4, 0.5) is 11.4 Å². The summed E-state index contributed by atoms with van der Waals surface area (Å²) in [5.41, 5.74) is 3.10. The van der Waals surface area contributed by atoms with Gasteiger partial charge in [-0.25, -0.2) is 0 Å². The Morgan fingerprint density at radius 1 is 1.09 bits per heavy atom. The molecule has 2 amide bonds. The zero-order chi connectivity index (χ0) is 23.3. The number of halogens is 1. The van der Waals surface area contributed by atoms with Crippen molar-refractivity contribution in [2.45, 2.75) is 27.2 Å². The molecule has 0 bridgehead atoms. The molecule has 0 aromatic heterocycles. The SMILES string of the molecule is Cc1ccccc1C(=O)NC(=S)Nc1cc(Cl)ccc1N1CCN(C(=O)CC(C)C)CC1. The number of aryl methyl sites for hydroxylation is 1. The second-order valence-corrected chi connectivity index (χ2v) is 9.20. The number of rotatable bonds is 5. The molecular weight excluding hydrogens is 444 g/mol. The van der Waals surface area contributed by atoms with E-state index in [-0.39, 0.29) is 16.9 Å². The molecule has 1 heterocycles. The predicted molar refractivity (Wildman–Crippen MR) is 135 cm³/mol. The van der Waals surface area contributed by atoms with Crippen LogP contribution < -0.4 is 15.5 Å². The molecule has 32 heavy (non-hydrogen) atoms. The van der Waals surface area contributed by atoms with Crippen molar-refractivity contribution in [1.29, 1.82) is 0 Å². The van der Waals surface area contributed by atoms with E-state index in [4.69, 9.17) is 23.8 Å². The van der Waals surface area contributed by atoms with E-state index in [0.29, 0.717) is 49.1 Å². The first-order chi connectivity index (χ1) is 15.2. The normalized spacial score (nSPS) is 13.8. The lowest BCUT2D eigenvalue weighted by Gasteiger charge is -2.37. The van der Waals surface area contributed by atoms with Crippen molar-refractivity contribution in [3.63, 3.8) is 0 Å². The van der Waals surface area contributed by atoms with E-state index in [2.05, 4.69) is 29.4 Å². The van der Waals surface area contributed by atoms with Crippen LogP contribution in [-0.4, -0.2) is 48.0 Å². The van der Waals surface area contributed by atoms with Gasteiger partial charge in [0.2, 0.25) is 5.91 Å². The number of hydrogen-bond donors (Lipinski definition) is 2. The number of amides is 2. The summed E-state index contributed by atoms with van der Waals surface area (Å²) >= 11 is 11.6.